The van der Waals surface area contributed by atoms with E-state index in [9.17, 15) is 25.0 Å². The number of hydrogen-bond acceptors (Lipinski definition) is 5. The smallest absolute Gasteiger partial charge is 0.269 e. The number of ketones is 1. The van der Waals surface area contributed by atoms with Crippen LogP contribution in [0.1, 0.15) is 38.2 Å². The SMILES string of the molecule is CC1(C)CC(=O)CC(c2ccc([N+](=O)[O-])cc2)C1[N+](=O)[O-]. The van der Waals surface area contributed by atoms with E-state index in [0.29, 0.717) is 5.56 Å². The molecule has 1 fully saturated rings. The summed E-state index contributed by atoms with van der Waals surface area (Å²) < 4.78 is 0. The summed E-state index contributed by atoms with van der Waals surface area (Å²) in [6.45, 7) is 3.44. The van der Waals surface area contributed by atoms with Crippen LogP contribution in [0.3, 0.4) is 0 Å². The van der Waals surface area contributed by atoms with Crippen molar-refractivity contribution in [3.63, 3.8) is 0 Å². The van der Waals surface area contributed by atoms with Crippen LogP contribution in [0.2, 0.25) is 0 Å². The Kier molecular flexibility index (Phi) is 3.76. The zero-order valence-corrected chi connectivity index (χ0v) is 11.8. The van der Waals surface area contributed by atoms with Gasteiger partial charge in [0.05, 0.1) is 10.8 Å². The van der Waals surface area contributed by atoms with Gasteiger partial charge in [-0.3, -0.25) is 25.0 Å². The molecule has 0 heterocycles. The number of carbonyl (C=O) groups is 1. The lowest BCUT2D eigenvalue weighted by Crippen LogP contribution is -2.47. The highest BCUT2D eigenvalue weighted by atomic mass is 16.6. The minimum Gasteiger partial charge on any atom is -0.300 e. The van der Waals surface area contributed by atoms with Gasteiger partial charge in [0.15, 0.2) is 0 Å². The Hall–Kier alpha value is -2.31. The molecule has 0 aliphatic heterocycles. The summed E-state index contributed by atoms with van der Waals surface area (Å²) in [5, 5.41) is 22.1. The molecule has 21 heavy (non-hydrogen) atoms. The Bertz CT molecular complexity index is 594. The molecular formula is C14H16N2O5. The van der Waals surface area contributed by atoms with E-state index in [1.807, 2.05) is 0 Å². The molecule has 0 bridgehead atoms. The van der Waals surface area contributed by atoms with Gasteiger partial charge in [0.2, 0.25) is 6.04 Å². The molecule has 0 aromatic heterocycles. The molecule has 1 aromatic rings. The summed E-state index contributed by atoms with van der Waals surface area (Å²) in [6.07, 6.45) is 0.287. The first-order valence-electron chi connectivity index (χ1n) is 6.62. The molecule has 1 aliphatic rings. The van der Waals surface area contributed by atoms with Gasteiger partial charge in [-0.05, 0) is 5.56 Å². The highest BCUT2D eigenvalue weighted by molar-refractivity contribution is 5.81. The van der Waals surface area contributed by atoms with E-state index in [1.54, 1.807) is 13.8 Å². The van der Waals surface area contributed by atoms with E-state index in [2.05, 4.69) is 0 Å². The highest BCUT2D eigenvalue weighted by Crippen LogP contribution is 2.43. The summed E-state index contributed by atoms with van der Waals surface area (Å²) in [7, 11) is 0. The van der Waals surface area contributed by atoms with Gasteiger partial charge >= 0.3 is 0 Å². The van der Waals surface area contributed by atoms with E-state index in [-0.39, 0.29) is 29.2 Å². The Morgan fingerprint density at radius 1 is 1.14 bits per heavy atom. The van der Waals surface area contributed by atoms with Crippen molar-refractivity contribution in [2.45, 2.75) is 38.6 Å². The molecule has 112 valence electrons. The first-order valence-corrected chi connectivity index (χ1v) is 6.62. The van der Waals surface area contributed by atoms with Crippen LogP contribution in [0.25, 0.3) is 0 Å². The van der Waals surface area contributed by atoms with Crippen LogP contribution in [0.15, 0.2) is 24.3 Å². The molecule has 1 saturated carbocycles. The van der Waals surface area contributed by atoms with Crippen molar-refractivity contribution < 1.29 is 14.6 Å². The fourth-order valence-electron chi connectivity index (χ4n) is 3.16. The van der Waals surface area contributed by atoms with Crippen LogP contribution < -0.4 is 0 Å². The van der Waals surface area contributed by atoms with Gasteiger partial charge in [-0.25, -0.2) is 0 Å². The van der Waals surface area contributed by atoms with Gasteiger partial charge in [-0.2, -0.15) is 0 Å². The Morgan fingerprint density at radius 3 is 2.19 bits per heavy atom. The first-order chi connectivity index (χ1) is 9.72. The predicted molar refractivity (Wildman–Crippen MR) is 74.6 cm³/mol. The number of nitrogens with zero attached hydrogens (tertiary/aromatic N) is 2. The van der Waals surface area contributed by atoms with E-state index in [0.717, 1.165) is 0 Å². The van der Waals surface area contributed by atoms with Crippen LogP contribution in [-0.4, -0.2) is 21.7 Å². The lowest BCUT2D eigenvalue weighted by Gasteiger charge is -2.37. The molecule has 2 rings (SSSR count). The summed E-state index contributed by atoms with van der Waals surface area (Å²) in [6, 6.07) is 4.77. The number of nitro benzene ring substituents is 1. The van der Waals surface area contributed by atoms with Gasteiger partial charge in [0.25, 0.3) is 5.69 Å². The number of Topliss-reactive ketones (excluding diaryl/α,β-unsaturated/α-hetero) is 1. The second-order valence-electron chi connectivity index (χ2n) is 6.09. The lowest BCUT2D eigenvalue weighted by molar-refractivity contribution is -0.546. The molecule has 0 amide bonds. The van der Waals surface area contributed by atoms with Gasteiger partial charge in [-0.1, -0.05) is 26.0 Å². The molecule has 7 heteroatoms. The summed E-state index contributed by atoms with van der Waals surface area (Å²) in [4.78, 5) is 33.1. The second kappa shape index (κ2) is 5.23. The molecule has 0 spiro atoms. The second-order valence-corrected chi connectivity index (χ2v) is 6.09. The van der Waals surface area contributed by atoms with Crippen molar-refractivity contribution in [3.8, 4) is 0 Å². The monoisotopic (exact) mass is 292 g/mol. The van der Waals surface area contributed by atoms with Crippen LogP contribution in [-0.2, 0) is 4.79 Å². The number of benzene rings is 1. The first kappa shape index (κ1) is 15.1. The third-order valence-electron chi connectivity index (χ3n) is 4.04. The topological polar surface area (TPSA) is 103 Å². The van der Waals surface area contributed by atoms with Crippen LogP contribution in [0.4, 0.5) is 5.69 Å². The van der Waals surface area contributed by atoms with Crippen molar-refractivity contribution in [1.82, 2.24) is 0 Å². The molecule has 7 nitrogen and oxygen atoms in total. The van der Waals surface area contributed by atoms with Crippen molar-refractivity contribution in [1.29, 1.82) is 0 Å². The van der Waals surface area contributed by atoms with E-state index in [1.165, 1.54) is 24.3 Å². The molecule has 1 aromatic carbocycles. The van der Waals surface area contributed by atoms with Gasteiger partial charge in [-0.15, -0.1) is 0 Å². The zero-order valence-electron chi connectivity index (χ0n) is 11.8. The largest absolute Gasteiger partial charge is 0.300 e. The standard InChI is InChI=1S/C14H16N2O5/c1-14(2)8-11(17)7-12(13(14)16(20)21)9-3-5-10(6-4-9)15(18)19/h3-6,12-13H,7-8H2,1-2H3. The predicted octanol–water partition coefficient (Wildman–Crippen LogP) is 2.71. The third kappa shape index (κ3) is 2.91. The van der Waals surface area contributed by atoms with E-state index >= 15 is 0 Å². The van der Waals surface area contributed by atoms with E-state index < -0.39 is 22.3 Å². The number of nitro groups is 2. The van der Waals surface area contributed by atoms with Crippen molar-refractivity contribution in [3.05, 3.63) is 50.1 Å². The van der Waals surface area contributed by atoms with E-state index in [4.69, 9.17) is 0 Å². The van der Waals surface area contributed by atoms with Crippen molar-refractivity contribution in [2.24, 2.45) is 5.41 Å². The number of hydrogen-bond donors (Lipinski definition) is 0. The molecule has 0 radical (unpaired) electrons. The highest BCUT2D eigenvalue weighted by Gasteiger charge is 2.50. The van der Waals surface area contributed by atoms with Crippen LogP contribution >= 0.6 is 0 Å². The van der Waals surface area contributed by atoms with Crippen molar-refractivity contribution in [2.75, 3.05) is 0 Å². The number of rotatable bonds is 3. The molecule has 0 N–H and O–H groups in total. The van der Waals surface area contributed by atoms with Gasteiger partial charge < -0.3 is 0 Å². The molecular weight excluding hydrogens is 276 g/mol. The molecule has 2 atom stereocenters. The lowest BCUT2D eigenvalue weighted by atomic mass is 9.66. The molecule has 0 saturated heterocycles. The average Bonchev–Trinajstić information content (AvgIpc) is 2.35. The third-order valence-corrected chi connectivity index (χ3v) is 4.04. The van der Waals surface area contributed by atoms with Gasteiger partial charge in [0, 0.05) is 35.3 Å². The fourth-order valence-corrected chi connectivity index (χ4v) is 3.16. The summed E-state index contributed by atoms with van der Waals surface area (Å²) >= 11 is 0. The maximum atomic E-state index is 11.9. The van der Waals surface area contributed by atoms with Crippen molar-refractivity contribution >= 4 is 11.5 Å². The fraction of sp³-hybridized carbons (Fsp3) is 0.500. The maximum Gasteiger partial charge on any atom is 0.269 e. The minimum absolute atomic E-state index is 0.0125. The average molecular weight is 292 g/mol. The molecule has 2 unspecified atom stereocenters. The van der Waals surface area contributed by atoms with Gasteiger partial charge in [0.1, 0.15) is 5.78 Å². The van der Waals surface area contributed by atoms with Crippen LogP contribution in [0, 0.1) is 25.6 Å². The summed E-state index contributed by atoms with van der Waals surface area (Å²) in [5.41, 5.74) is -0.202. The Morgan fingerprint density at radius 2 is 1.71 bits per heavy atom. The summed E-state index contributed by atoms with van der Waals surface area (Å²) in [5.74, 6) is -0.557. The zero-order chi connectivity index (χ0) is 15.8. The number of carbonyl (C=O) groups excluding carboxylic acids is 1. The maximum absolute atomic E-state index is 11.9. The normalized spacial score (nSPS) is 24.6. The quantitative estimate of drug-likeness (QED) is 0.629. The Labute approximate surface area is 121 Å². The number of non-ortho nitro benzene ring substituents is 1. The van der Waals surface area contributed by atoms with Crippen LogP contribution in [0.5, 0.6) is 0 Å². The molecule has 1 aliphatic carbocycles. The Balaban J connectivity index is 2.40. The minimum atomic E-state index is -0.878.